The molecule has 1 aromatic heterocycles. The van der Waals surface area contributed by atoms with Crippen LogP contribution in [-0.2, 0) is 4.79 Å². The Bertz CT molecular complexity index is 1130. The van der Waals surface area contributed by atoms with Gasteiger partial charge in [-0.15, -0.1) is 0 Å². The Morgan fingerprint density at radius 3 is 2.55 bits per heavy atom. The number of hydrogen-bond donors (Lipinski definition) is 1. The molecule has 0 aliphatic carbocycles. The van der Waals surface area contributed by atoms with Crippen LogP contribution in [0.4, 0.5) is 14.5 Å². The van der Waals surface area contributed by atoms with Gasteiger partial charge in [-0.1, -0.05) is 24.6 Å². The van der Waals surface area contributed by atoms with E-state index >= 15 is 0 Å². The topological polar surface area (TPSA) is 64.0 Å². The minimum absolute atomic E-state index is 0.159. The Hall–Kier alpha value is -3.35. The van der Waals surface area contributed by atoms with E-state index in [0.29, 0.717) is 11.8 Å². The molecule has 29 heavy (non-hydrogen) atoms. The first-order chi connectivity index (χ1) is 13.8. The number of nitrogens with one attached hydrogen (secondary N) is 1. The van der Waals surface area contributed by atoms with E-state index in [2.05, 4.69) is 10.4 Å². The van der Waals surface area contributed by atoms with Gasteiger partial charge in [-0.3, -0.25) is 9.59 Å². The number of carbonyl (C=O) groups excluding carboxylic acids is 1. The number of benzene rings is 2. The minimum Gasteiger partial charge on any atom is -0.322 e. The molecule has 0 spiro atoms. The van der Waals surface area contributed by atoms with Crippen LogP contribution in [0.3, 0.4) is 0 Å². The Labute approximate surface area is 167 Å². The van der Waals surface area contributed by atoms with Crippen molar-refractivity contribution in [3.8, 4) is 11.3 Å². The lowest BCUT2D eigenvalue weighted by Gasteiger charge is -2.18. The summed E-state index contributed by atoms with van der Waals surface area (Å²) in [7, 11) is 0. The first kappa shape index (κ1) is 20.4. The summed E-state index contributed by atoms with van der Waals surface area (Å²) in [4.78, 5) is 25.2. The van der Waals surface area contributed by atoms with E-state index in [9.17, 15) is 18.4 Å². The zero-order valence-electron chi connectivity index (χ0n) is 16.4. The molecule has 3 aromatic rings. The van der Waals surface area contributed by atoms with Crippen molar-refractivity contribution in [3.05, 3.63) is 81.6 Å². The molecule has 0 bridgehead atoms. The fraction of sp³-hybridized carbons (Fsp3) is 0.227. The summed E-state index contributed by atoms with van der Waals surface area (Å²) < 4.78 is 28.1. The van der Waals surface area contributed by atoms with Crippen molar-refractivity contribution >= 4 is 11.6 Å². The standard InChI is InChI=1S/C22H21F2N3O2/c1-4-20(22(29)25-19-8-7-15(23)12-17(19)24)27-21(28)10-9-18(26-27)16-11-13(2)5-6-14(16)3/h5-12,20H,4H2,1-3H3,(H,25,29)/t20-/m1/s1. The monoisotopic (exact) mass is 397 g/mol. The molecular weight excluding hydrogens is 376 g/mol. The second kappa shape index (κ2) is 8.34. The Kier molecular flexibility index (Phi) is 5.87. The highest BCUT2D eigenvalue weighted by Crippen LogP contribution is 2.23. The first-order valence-corrected chi connectivity index (χ1v) is 9.23. The summed E-state index contributed by atoms with van der Waals surface area (Å²) in [5.41, 5.74) is 2.85. The number of nitrogens with zero attached hydrogens (tertiary/aromatic N) is 2. The second-order valence-corrected chi connectivity index (χ2v) is 6.86. The molecule has 0 saturated heterocycles. The van der Waals surface area contributed by atoms with Gasteiger partial charge >= 0.3 is 0 Å². The largest absolute Gasteiger partial charge is 0.322 e. The second-order valence-electron chi connectivity index (χ2n) is 6.86. The van der Waals surface area contributed by atoms with Gasteiger partial charge in [-0.25, -0.2) is 13.5 Å². The van der Waals surface area contributed by atoms with Crippen molar-refractivity contribution in [2.75, 3.05) is 5.32 Å². The molecule has 2 aromatic carbocycles. The summed E-state index contributed by atoms with van der Waals surface area (Å²) >= 11 is 0. The van der Waals surface area contributed by atoms with Crippen LogP contribution in [0.25, 0.3) is 11.3 Å². The highest BCUT2D eigenvalue weighted by atomic mass is 19.1. The molecule has 0 fully saturated rings. The van der Waals surface area contributed by atoms with E-state index < -0.39 is 29.1 Å². The Balaban J connectivity index is 1.97. The van der Waals surface area contributed by atoms with Gasteiger partial charge in [0, 0.05) is 17.7 Å². The van der Waals surface area contributed by atoms with Gasteiger partial charge in [0.15, 0.2) is 0 Å². The molecule has 1 heterocycles. The molecule has 5 nitrogen and oxygen atoms in total. The number of rotatable bonds is 5. The predicted octanol–water partition coefficient (Wildman–Crippen LogP) is 4.40. The quantitative estimate of drug-likeness (QED) is 0.694. The third-order valence-corrected chi connectivity index (χ3v) is 4.67. The van der Waals surface area contributed by atoms with Crippen molar-refractivity contribution in [1.82, 2.24) is 9.78 Å². The number of aryl methyl sites for hydroxylation is 2. The number of anilines is 1. The molecule has 150 valence electrons. The smallest absolute Gasteiger partial charge is 0.267 e. The van der Waals surface area contributed by atoms with E-state index in [-0.39, 0.29) is 12.1 Å². The van der Waals surface area contributed by atoms with Gasteiger partial charge in [0.05, 0.1) is 11.4 Å². The molecule has 0 unspecified atom stereocenters. The highest BCUT2D eigenvalue weighted by molar-refractivity contribution is 5.93. The molecule has 0 saturated carbocycles. The van der Waals surface area contributed by atoms with Crippen LogP contribution in [0.1, 0.15) is 30.5 Å². The molecule has 0 aliphatic heterocycles. The van der Waals surface area contributed by atoms with Crippen LogP contribution in [0.5, 0.6) is 0 Å². The van der Waals surface area contributed by atoms with Crippen molar-refractivity contribution in [3.63, 3.8) is 0 Å². The van der Waals surface area contributed by atoms with Gasteiger partial charge in [0.2, 0.25) is 5.91 Å². The van der Waals surface area contributed by atoms with E-state index in [1.54, 1.807) is 13.0 Å². The molecular formula is C22H21F2N3O2. The van der Waals surface area contributed by atoms with Crippen molar-refractivity contribution < 1.29 is 13.6 Å². The van der Waals surface area contributed by atoms with Gasteiger partial charge in [-0.2, -0.15) is 5.10 Å². The number of aromatic nitrogens is 2. The van der Waals surface area contributed by atoms with E-state index in [1.165, 1.54) is 6.07 Å². The third kappa shape index (κ3) is 4.39. The lowest BCUT2D eigenvalue weighted by Crippen LogP contribution is -2.34. The maximum atomic E-state index is 13.9. The fourth-order valence-corrected chi connectivity index (χ4v) is 3.08. The number of hydrogen-bond acceptors (Lipinski definition) is 3. The van der Waals surface area contributed by atoms with Gasteiger partial charge < -0.3 is 5.32 Å². The molecule has 0 aliphatic rings. The van der Waals surface area contributed by atoms with Crippen LogP contribution >= 0.6 is 0 Å². The molecule has 0 radical (unpaired) electrons. The average Bonchev–Trinajstić information content (AvgIpc) is 2.68. The number of carbonyl (C=O) groups is 1. The molecule has 1 atom stereocenters. The van der Waals surface area contributed by atoms with Crippen molar-refractivity contribution in [2.45, 2.75) is 33.2 Å². The Morgan fingerprint density at radius 1 is 1.10 bits per heavy atom. The molecule has 7 heteroatoms. The van der Waals surface area contributed by atoms with Crippen LogP contribution < -0.4 is 10.9 Å². The zero-order valence-corrected chi connectivity index (χ0v) is 16.4. The maximum absolute atomic E-state index is 13.9. The fourth-order valence-electron chi connectivity index (χ4n) is 3.08. The lowest BCUT2D eigenvalue weighted by atomic mass is 10.0. The SMILES string of the molecule is CC[C@H](C(=O)Nc1ccc(F)cc1F)n1nc(-c2cc(C)ccc2C)ccc1=O. The van der Waals surface area contributed by atoms with Gasteiger partial charge in [0.25, 0.3) is 5.56 Å². The van der Waals surface area contributed by atoms with Gasteiger partial charge in [0.1, 0.15) is 17.7 Å². The third-order valence-electron chi connectivity index (χ3n) is 4.67. The van der Waals surface area contributed by atoms with Crippen LogP contribution in [0.2, 0.25) is 0 Å². The maximum Gasteiger partial charge on any atom is 0.267 e. The van der Waals surface area contributed by atoms with Crippen LogP contribution in [0.15, 0.2) is 53.3 Å². The van der Waals surface area contributed by atoms with Gasteiger partial charge in [-0.05, 0) is 50.1 Å². The van der Waals surface area contributed by atoms with Crippen molar-refractivity contribution in [1.29, 1.82) is 0 Å². The minimum atomic E-state index is -0.947. The summed E-state index contributed by atoms with van der Waals surface area (Å²) in [5, 5.41) is 6.82. The van der Waals surface area contributed by atoms with Crippen LogP contribution in [0, 0.1) is 25.5 Å². The molecule has 1 amide bonds. The van der Waals surface area contributed by atoms with E-state index in [1.807, 2.05) is 32.0 Å². The summed E-state index contributed by atoms with van der Waals surface area (Å²) in [5.74, 6) is -2.24. The molecule has 1 N–H and O–H groups in total. The Morgan fingerprint density at radius 2 is 1.86 bits per heavy atom. The number of halogens is 2. The zero-order chi connectivity index (χ0) is 21.1. The number of amides is 1. The van der Waals surface area contributed by atoms with E-state index in [0.717, 1.165) is 33.5 Å². The average molecular weight is 397 g/mol. The van der Waals surface area contributed by atoms with E-state index in [4.69, 9.17) is 0 Å². The summed E-state index contributed by atoms with van der Waals surface area (Å²) in [6.07, 6.45) is 0.262. The molecule has 3 rings (SSSR count). The first-order valence-electron chi connectivity index (χ1n) is 9.23. The van der Waals surface area contributed by atoms with Crippen molar-refractivity contribution in [2.24, 2.45) is 0 Å². The predicted molar refractivity (Wildman–Crippen MR) is 108 cm³/mol. The lowest BCUT2D eigenvalue weighted by molar-refractivity contribution is -0.119. The normalized spacial score (nSPS) is 11.9. The van der Waals surface area contributed by atoms with Crippen LogP contribution in [-0.4, -0.2) is 15.7 Å². The highest BCUT2D eigenvalue weighted by Gasteiger charge is 2.23. The summed E-state index contributed by atoms with van der Waals surface area (Å²) in [6, 6.07) is 10.8. The summed E-state index contributed by atoms with van der Waals surface area (Å²) in [6.45, 7) is 5.62.